The van der Waals surface area contributed by atoms with Crippen molar-refractivity contribution in [3.63, 3.8) is 0 Å². The summed E-state index contributed by atoms with van der Waals surface area (Å²) in [5.41, 5.74) is 3.71. The standard InChI is InChI=1S/C14H21NO/c1-4-14(6-5-7-14)10-15-11(2)8-13(9-16)12(15)3/h8-9H,4-7,10H2,1-3H3. The van der Waals surface area contributed by atoms with E-state index in [1.54, 1.807) is 0 Å². The minimum atomic E-state index is 0.509. The molecule has 1 fully saturated rings. The second-order valence-corrected chi connectivity index (χ2v) is 5.24. The lowest BCUT2D eigenvalue weighted by molar-refractivity contribution is 0.0986. The van der Waals surface area contributed by atoms with Crippen molar-refractivity contribution < 1.29 is 4.79 Å². The summed E-state index contributed by atoms with van der Waals surface area (Å²) < 4.78 is 2.33. The van der Waals surface area contributed by atoms with E-state index < -0.39 is 0 Å². The van der Waals surface area contributed by atoms with Crippen LogP contribution < -0.4 is 0 Å². The Hall–Kier alpha value is -1.05. The van der Waals surface area contributed by atoms with E-state index in [4.69, 9.17) is 0 Å². The molecule has 1 aromatic rings. The quantitative estimate of drug-likeness (QED) is 0.710. The lowest BCUT2D eigenvalue weighted by Crippen LogP contribution is -2.34. The van der Waals surface area contributed by atoms with Crippen LogP contribution >= 0.6 is 0 Å². The number of nitrogens with zero attached hydrogens (tertiary/aromatic N) is 1. The zero-order valence-electron chi connectivity index (χ0n) is 10.5. The molecule has 2 rings (SSSR count). The average molecular weight is 219 g/mol. The zero-order chi connectivity index (χ0) is 11.8. The highest BCUT2D eigenvalue weighted by Crippen LogP contribution is 2.45. The number of aldehydes is 1. The minimum Gasteiger partial charge on any atom is -0.348 e. The van der Waals surface area contributed by atoms with E-state index in [-0.39, 0.29) is 0 Å². The number of aromatic nitrogens is 1. The number of rotatable bonds is 4. The first kappa shape index (κ1) is 11.4. The van der Waals surface area contributed by atoms with Crippen LogP contribution in [0.3, 0.4) is 0 Å². The van der Waals surface area contributed by atoms with Crippen molar-refractivity contribution in [2.45, 2.75) is 53.0 Å². The van der Waals surface area contributed by atoms with E-state index in [2.05, 4.69) is 25.3 Å². The first-order valence-corrected chi connectivity index (χ1v) is 6.24. The molecule has 2 nitrogen and oxygen atoms in total. The van der Waals surface area contributed by atoms with Crippen molar-refractivity contribution in [2.75, 3.05) is 0 Å². The molecule has 88 valence electrons. The first-order chi connectivity index (χ1) is 7.62. The Morgan fingerprint density at radius 3 is 2.50 bits per heavy atom. The van der Waals surface area contributed by atoms with Gasteiger partial charge in [-0.05, 0) is 44.6 Å². The van der Waals surface area contributed by atoms with Crippen molar-refractivity contribution in [3.8, 4) is 0 Å². The highest BCUT2D eigenvalue weighted by Gasteiger charge is 2.35. The smallest absolute Gasteiger partial charge is 0.151 e. The Morgan fingerprint density at radius 2 is 2.12 bits per heavy atom. The normalized spacial score (nSPS) is 18.2. The molecule has 16 heavy (non-hydrogen) atoms. The highest BCUT2D eigenvalue weighted by molar-refractivity contribution is 5.77. The molecule has 0 saturated heterocycles. The fourth-order valence-electron chi connectivity index (χ4n) is 2.83. The molecule has 0 amide bonds. The molecular formula is C14H21NO. The largest absolute Gasteiger partial charge is 0.348 e. The molecule has 1 saturated carbocycles. The summed E-state index contributed by atoms with van der Waals surface area (Å²) in [4.78, 5) is 10.9. The molecule has 1 aliphatic rings. The Bertz CT molecular complexity index is 394. The molecule has 1 aromatic heterocycles. The van der Waals surface area contributed by atoms with Gasteiger partial charge in [0.05, 0.1) is 0 Å². The molecule has 0 unspecified atom stereocenters. The molecule has 0 aromatic carbocycles. The molecular weight excluding hydrogens is 198 g/mol. The average Bonchev–Trinajstić information content (AvgIpc) is 2.49. The van der Waals surface area contributed by atoms with Gasteiger partial charge in [-0.3, -0.25) is 4.79 Å². The number of aryl methyl sites for hydroxylation is 1. The van der Waals surface area contributed by atoms with Crippen molar-refractivity contribution in [1.82, 2.24) is 4.57 Å². The second-order valence-electron chi connectivity index (χ2n) is 5.24. The summed E-state index contributed by atoms with van der Waals surface area (Å²) in [6.07, 6.45) is 6.28. The van der Waals surface area contributed by atoms with Gasteiger partial charge in [-0.1, -0.05) is 13.3 Å². The van der Waals surface area contributed by atoms with E-state index in [9.17, 15) is 4.79 Å². The Balaban J connectivity index is 2.27. The second kappa shape index (κ2) is 4.08. The van der Waals surface area contributed by atoms with Gasteiger partial charge in [0.2, 0.25) is 0 Å². The third-order valence-electron chi connectivity index (χ3n) is 4.40. The fourth-order valence-corrected chi connectivity index (χ4v) is 2.83. The van der Waals surface area contributed by atoms with Crippen LogP contribution in [0.1, 0.15) is 54.4 Å². The van der Waals surface area contributed by atoms with E-state index in [1.807, 2.05) is 6.07 Å². The molecule has 0 atom stereocenters. The van der Waals surface area contributed by atoms with Gasteiger partial charge in [-0.15, -0.1) is 0 Å². The van der Waals surface area contributed by atoms with Crippen molar-refractivity contribution in [1.29, 1.82) is 0 Å². The SMILES string of the molecule is CCC1(Cn2c(C)cc(C=O)c2C)CCC1. The van der Waals surface area contributed by atoms with Crippen LogP contribution in [0.15, 0.2) is 6.07 Å². The predicted molar refractivity (Wildman–Crippen MR) is 65.9 cm³/mol. The maximum Gasteiger partial charge on any atom is 0.151 e. The first-order valence-electron chi connectivity index (χ1n) is 6.24. The van der Waals surface area contributed by atoms with Gasteiger partial charge in [0.15, 0.2) is 6.29 Å². The third-order valence-corrected chi connectivity index (χ3v) is 4.40. The van der Waals surface area contributed by atoms with Crippen LogP contribution in [-0.4, -0.2) is 10.9 Å². The monoisotopic (exact) mass is 219 g/mol. The van der Waals surface area contributed by atoms with Crippen LogP contribution in [0.4, 0.5) is 0 Å². The van der Waals surface area contributed by atoms with Crippen LogP contribution in [0.25, 0.3) is 0 Å². The molecule has 0 N–H and O–H groups in total. The molecule has 1 aliphatic carbocycles. The molecule has 0 radical (unpaired) electrons. The Morgan fingerprint density at radius 1 is 1.44 bits per heavy atom. The Kier molecular flexibility index (Phi) is 2.92. The minimum absolute atomic E-state index is 0.509. The summed E-state index contributed by atoms with van der Waals surface area (Å²) in [5, 5.41) is 0. The highest BCUT2D eigenvalue weighted by atomic mass is 16.1. The maximum absolute atomic E-state index is 10.9. The van der Waals surface area contributed by atoms with Crippen LogP contribution in [-0.2, 0) is 6.54 Å². The number of carbonyl (C=O) groups excluding carboxylic acids is 1. The lowest BCUT2D eigenvalue weighted by Gasteiger charge is -2.42. The number of carbonyl (C=O) groups is 1. The summed E-state index contributed by atoms with van der Waals surface area (Å²) in [6.45, 7) is 7.53. The van der Waals surface area contributed by atoms with Gasteiger partial charge in [0, 0.05) is 23.5 Å². The van der Waals surface area contributed by atoms with Crippen LogP contribution in [0, 0.1) is 19.3 Å². The van der Waals surface area contributed by atoms with Crippen molar-refractivity contribution in [2.24, 2.45) is 5.41 Å². The summed E-state index contributed by atoms with van der Waals surface area (Å²) in [6, 6.07) is 2.00. The molecule has 0 bridgehead atoms. The predicted octanol–water partition coefficient (Wildman–Crippen LogP) is 3.50. The van der Waals surface area contributed by atoms with Gasteiger partial charge in [-0.25, -0.2) is 0 Å². The molecule has 0 aliphatic heterocycles. The molecule has 2 heteroatoms. The van der Waals surface area contributed by atoms with E-state index in [1.165, 1.54) is 31.4 Å². The van der Waals surface area contributed by atoms with E-state index in [0.29, 0.717) is 5.41 Å². The van der Waals surface area contributed by atoms with Crippen molar-refractivity contribution >= 4 is 6.29 Å². The van der Waals surface area contributed by atoms with Gasteiger partial charge in [0.1, 0.15) is 0 Å². The molecule has 1 heterocycles. The summed E-state index contributed by atoms with van der Waals surface area (Å²) in [7, 11) is 0. The van der Waals surface area contributed by atoms with E-state index >= 15 is 0 Å². The van der Waals surface area contributed by atoms with Crippen LogP contribution in [0.2, 0.25) is 0 Å². The lowest BCUT2D eigenvalue weighted by atomic mass is 9.67. The Labute approximate surface area is 97.7 Å². The summed E-state index contributed by atoms with van der Waals surface area (Å²) >= 11 is 0. The van der Waals surface area contributed by atoms with Crippen LogP contribution in [0.5, 0.6) is 0 Å². The number of hydrogen-bond acceptors (Lipinski definition) is 1. The molecule has 0 spiro atoms. The topological polar surface area (TPSA) is 22.0 Å². The van der Waals surface area contributed by atoms with E-state index in [0.717, 1.165) is 24.1 Å². The van der Waals surface area contributed by atoms with Gasteiger partial charge in [-0.2, -0.15) is 0 Å². The fraction of sp³-hybridized carbons (Fsp3) is 0.643. The number of hydrogen-bond donors (Lipinski definition) is 0. The third kappa shape index (κ3) is 1.70. The van der Waals surface area contributed by atoms with Gasteiger partial charge in [0.25, 0.3) is 0 Å². The van der Waals surface area contributed by atoms with Gasteiger partial charge >= 0.3 is 0 Å². The summed E-state index contributed by atoms with van der Waals surface area (Å²) in [5.74, 6) is 0. The maximum atomic E-state index is 10.9. The van der Waals surface area contributed by atoms with Crippen molar-refractivity contribution in [3.05, 3.63) is 23.0 Å². The zero-order valence-corrected chi connectivity index (χ0v) is 10.5. The van der Waals surface area contributed by atoms with Gasteiger partial charge < -0.3 is 4.57 Å².